The quantitative estimate of drug-likeness (QED) is 0.628. The van der Waals surface area contributed by atoms with Crippen molar-refractivity contribution in [3.8, 4) is 5.75 Å². The topological polar surface area (TPSA) is 26.7 Å². The van der Waals surface area contributed by atoms with Gasteiger partial charge in [-0.2, -0.15) is 0 Å². The second kappa shape index (κ2) is 8.18. The van der Waals surface area contributed by atoms with Gasteiger partial charge in [0.25, 0.3) is 0 Å². The van der Waals surface area contributed by atoms with Crippen molar-refractivity contribution in [2.45, 2.75) is 52.4 Å². The molecule has 1 aliphatic heterocycles. The van der Waals surface area contributed by atoms with Gasteiger partial charge in [-0.05, 0) is 35.1 Å². The molecule has 0 spiro atoms. The Kier molecular flexibility index (Phi) is 6.15. The van der Waals surface area contributed by atoms with E-state index in [4.69, 9.17) is 12.2 Å². The average molecular weight is 429 g/mol. The van der Waals surface area contributed by atoms with Gasteiger partial charge in [0.1, 0.15) is 16.6 Å². The summed E-state index contributed by atoms with van der Waals surface area (Å²) in [7, 11) is 0. The van der Waals surface area contributed by atoms with Gasteiger partial charge in [0.15, 0.2) is 0 Å². The maximum Gasteiger partial charge on any atom is 0.146 e. The number of phenolic OH excluding ortho intramolecular Hbond substituents is 1. The van der Waals surface area contributed by atoms with Crippen LogP contribution < -0.4 is 4.90 Å². The third kappa shape index (κ3) is 4.61. The van der Waals surface area contributed by atoms with Gasteiger partial charge in [-0.3, -0.25) is 0 Å². The van der Waals surface area contributed by atoms with Crippen molar-refractivity contribution in [2.24, 2.45) is 0 Å². The number of rotatable bonds is 2. The van der Waals surface area contributed by atoms with E-state index in [-0.39, 0.29) is 16.6 Å². The van der Waals surface area contributed by atoms with E-state index in [1.807, 2.05) is 24.3 Å². The molecular formula is C25H33FN2OS. The number of halogens is 1. The van der Waals surface area contributed by atoms with Gasteiger partial charge >= 0.3 is 0 Å². The Balaban J connectivity index is 1.86. The van der Waals surface area contributed by atoms with Crippen LogP contribution in [0, 0.1) is 5.82 Å². The largest absolute Gasteiger partial charge is 0.507 e. The van der Waals surface area contributed by atoms with E-state index < -0.39 is 0 Å². The van der Waals surface area contributed by atoms with Gasteiger partial charge in [-0.1, -0.05) is 65.9 Å². The van der Waals surface area contributed by atoms with E-state index in [0.717, 1.165) is 47.9 Å². The molecule has 162 valence electrons. The molecule has 0 atom stereocenters. The van der Waals surface area contributed by atoms with Crippen LogP contribution in [-0.4, -0.2) is 41.2 Å². The predicted octanol–water partition coefficient (Wildman–Crippen LogP) is 5.62. The standard InChI is InChI=1S/C25H33FN2OS/c1-24(2,3)18-15-17(16-19(22(18)29)25(4,5)6)23(30)28-13-11-27(12-14-28)21-10-8-7-9-20(21)26/h7-10,15-16,29H,11-14H2,1-6H3. The van der Waals surface area contributed by atoms with Crippen LogP contribution in [-0.2, 0) is 10.8 Å². The van der Waals surface area contributed by atoms with Crippen LogP contribution in [0.5, 0.6) is 5.75 Å². The van der Waals surface area contributed by atoms with Crippen LogP contribution in [0.2, 0.25) is 0 Å². The van der Waals surface area contributed by atoms with Gasteiger partial charge in [0.2, 0.25) is 0 Å². The summed E-state index contributed by atoms with van der Waals surface area (Å²) in [6.45, 7) is 15.6. The van der Waals surface area contributed by atoms with Crippen LogP contribution in [0.4, 0.5) is 10.1 Å². The zero-order valence-electron chi connectivity index (χ0n) is 18.9. The first-order valence-electron chi connectivity index (χ1n) is 10.6. The number of hydrogen-bond acceptors (Lipinski definition) is 3. The molecule has 1 heterocycles. The molecule has 30 heavy (non-hydrogen) atoms. The highest BCUT2D eigenvalue weighted by molar-refractivity contribution is 7.80. The molecule has 0 unspecified atom stereocenters. The smallest absolute Gasteiger partial charge is 0.146 e. The first kappa shape index (κ1) is 22.5. The highest BCUT2D eigenvalue weighted by Crippen LogP contribution is 2.40. The first-order valence-corrected chi connectivity index (χ1v) is 11.0. The molecule has 0 saturated carbocycles. The second-order valence-corrected chi connectivity index (χ2v) is 10.5. The highest BCUT2D eigenvalue weighted by Gasteiger charge is 2.29. The van der Waals surface area contributed by atoms with E-state index in [2.05, 4.69) is 51.3 Å². The monoisotopic (exact) mass is 428 g/mol. The van der Waals surface area contributed by atoms with Crippen LogP contribution in [0.3, 0.4) is 0 Å². The van der Waals surface area contributed by atoms with E-state index in [1.54, 1.807) is 6.07 Å². The molecule has 1 aliphatic rings. The summed E-state index contributed by atoms with van der Waals surface area (Å²) in [5.41, 5.74) is 3.06. The Morgan fingerprint density at radius 1 is 0.900 bits per heavy atom. The van der Waals surface area contributed by atoms with Crippen molar-refractivity contribution in [1.29, 1.82) is 0 Å². The maximum absolute atomic E-state index is 14.1. The summed E-state index contributed by atoms with van der Waals surface area (Å²) in [5, 5.41) is 11.0. The van der Waals surface area contributed by atoms with Crippen molar-refractivity contribution in [1.82, 2.24) is 4.90 Å². The van der Waals surface area contributed by atoms with Crippen LogP contribution in [0.15, 0.2) is 36.4 Å². The lowest BCUT2D eigenvalue weighted by Gasteiger charge is -2.38. The molecule has 0 aromatic heterocycles. The summed E-state index contributed by atoms with van der Waals surface area (Å²) < 4.78 is 14.1. The molecule has 2 aromatic carbocycles. The lowest BCUT2D eigenvalue weighted by atomic mass is 9.78. The fraction of sp³-hybridized carbons (Fsp3) is 0.480. The Morgan fingerprint density at radius 3 is 1.87 bits per heavy atom. The predicted molar refractivity (Wildman–Crippen MR) is 127 cm³/mol. The molecule has 0 aliphatic carbocycles. The number of piperazine rings is 1. The summed E-state index contributed by atoms with van der Waals surface area (Å²) in [4.78, 5) is 5.06. The lowest BCUT2D eigenvalue weighted by molar-refractivity contribution is 0.389. The Hall–Kier alpha value is -2.14. The van der Waals surface area contributed by atoms with Crippen molar-refractivity contribution in [2.75, 3.05) is 31.1 Å². The maximum atomic E-state index is 14.1. The minimum Gasteiger partial charge on any atom is -0.507 e. The Morgan fingerprint density at radius 2 is 1.40 bits per heavy atom. The van der Waals surface area contributed by atoms with E-state index in [9.17, 15) is 9.50 Å². The van der Waals surface area contributed by atoms with E-state index in [0.29, 0.717) is 11.4 Å². The van der Waals surface area contributed by atoms with Gasteiger partial charge in [0.05, 0.1) is 5.69 Å². The molecule has 2 aromatic rings. The zero-order chi connectivity index (χ0) is 22.3. The number of hydrogen-bond donors (Lipinski definition) is 1. The SMILES string of the molecule is CC(C)(C)c1cc(C(=S)N2CCN(c3ccccc3F)CC2)cc(C(C)(C)C)c1O. The minimum atomic E-state index is -0.195. The Labute approximate surface area is 185 Å². The third-order valence-electron chi connectivity index (χ3n) is 5.73. The molecular weight excluding hydrogens is 395 g/mol. The molecule has 1 saturated heterocycles. The highest BCUT2D eigenvalue weighted by atomic mass is 32.1. The number of thiocarbonyl (C=S) groups is 1. The minimum absolute atomic E-state index is 0.184. The van der Waals surface area contributed by atoms with Crippen molar-refractivity contribution >= 4 is 22.9 Å². The summed E-state index contributed by atoms with van der Waals surface area (Å²) in [5.74, 6) is 0.183. The van der Waals surface area contributed by atoms with Gasteiger partial charge < -0.3 is 14.9 Å². The molecule has 3 nitrogen and oxygen atoms in total. The number of aromatic hydroxyl groups is 1. The third-order valence-corrected chi connectivity index (χ3v) is 6.23. The molecule has 1 N–H and O–H groups in total. The van der Waals surface area contributed by atoms with E-state index in [1.165, 1.54) is 6.07 Å². The fourth-order valence-corrected chi connectivity index (χ4v) is 4.24. The fourth-order valence-electron chi connectivity index (χ4n) is 3.94. The Bertz CT molecular complexity index is 900. The normalized spacial score (nSPS) is 15.4. The second-order valence-electron chi connectivity index (χ2n) is 10.2. The zero-order valence-corrected chi connectivity index (χ0v) is 19.7. The number of anilines is 1. The average Bonchev–Trinajstić information content (AvgIpc) is 2.66. The summed E-state index contributed by atoms with van der Waals surface area (Å²) in [6, 6.07) is 11.0. The van der Waals surface area contributed by atoms with Crippen LogP contribution in [0.1, 0.15) is 58.2 Å². The molecule has 5 heteroatoms. The van der Waals surface area contributed by atoms with Crippen molar-refractivity contribution in [3.63, 3.8) is 0 Å². The van der Waals surface area contributed by atoms with Gasteiger partial charge in [0, 0.05) is 42.9 Å². The number of benzene rings is 2. The molecule has 0 radical (unpaired) electrons. The number of para-hydroxylation sites is 1. The molecule has 1 fully saturated rings. The van der Waals surface area contributed by atoms with Crippen molar-refractivity contribution in [3.05, 3.63) is 58.9 Å². The van der Waals surface area contributed by atoms with Crippen LogP contribution in [0.25, 0.3) is 0 Å². The summed E-state index contributed by atoms with van der Waals surface area (Å²) >= 11 is 5.88. The van der Waals surface area contributed by atoms with Crippen LogP contribution >= 0.6 is 12.2 Å². The lowest BCUT2D eigenvalue weighted by Crippen LogP contribution is -2.48. The molecule has 0 bridgehead atoms. The van der Waals surface area contributed by atoms with Crippen molar-refractivity contribution < 1.29 is 9.50 Å². The number of nitrogens with zero attached hydrogens (tertiary/aromatic N) is 2. The summed E-state index contributed by atoms with van der Waals surface area (Å²) in [6.07, 6.45) is 0. The molecule has 3 rings (SSSR count). The molecule has 0 amide bonds. The number of phenols is 1. The van der Waals surface area contributed by atoms with Gasteiger partial charge in [-0.25, -0.2) is 4.39 Å². The van der Waals surface area contributed by atoms with Gasteiger partial charge in [-0.15, -0.1) is 0 Å². The first-order chi connectivity index (χ1) is 13.9. The van der Waals surface area contributed by atoms with E-state index >= 15 is 0 Å².